The maximum Gasteiger partial charge on any atom is 0.242 e. The van der Waals surface area contributed by atoms with Gasteiger partial charge in [0.2, 0.25) is 16.0 Å². The third-order valence-corrected chi connectivity index (χ3v) is 9.11. The number of likely N-dealkylation sites (N-methyl/N-ethyl adjacent to an activating group) is 1. The predicted octanol–water partition coefficient (Wildman–Crippen LogP) is 5.62. The summed E-state index contributed by atoms with van der Waals surface area (Å²) in [6.45, 7) is 8.30. The minimum Gasteiger partial charge on any atom is -0.492 e. The smallest absolute Gasteiger partial charge is 0.242 e. The van der Waals surface area contributed by atoms with Crippen molar-refractivity contribution in [1.29, 1.82) is 0 Å². The second-order valence-corrected chi connectivity index (χ2v) is 12.3. The highest BCUT2D eigenvalue weighted by Gasteiger charge is 2.25. The highest BCUT2D eigenvalue weighted by Crippen LogP contribution is 2.34. The van der Waals surface area contributed by atoms with Crippen molar-refractivity contribution in [2.45, 2.75) is 57.0 Å². The normalized spacial score (nSPS) is 15.5. The van der Waals surface area contributed by atoms with Crippen molar-refractivity contribution in [3.63, 3.8) is 0 Å². The lowest BCUT2D eigenvalue weighted by Gasteiger charge is -2.23. The molecular formula is C29H40ClN7O3S. The molecule has 1 aromatic heterocycles. The average Bonchev–Trinajstić information content (AvgIpc) is 3.46. The maximum absolute atomic E-state index is 13.2. The van der Waals surface area contributed by atoms with E-state index in [0.717, 1.165) is 25.2 Å². The fraction of sp³-hybridized carbons (Fsp3) is 0.448. The highest BCUT2D eigenvalue weighted by atomic mass is 35.5. The van der Waals surface area contributed by atoms with E-state index in [-0.39, 0.29) is 27.7 Å². The molecule has 0 radical (unpaired) electrons. The minimum absolute atomic E-state index is 0.115. The van der Waals surface area contributed by atoms with Gasteiger partial charge in [-0.1, -0.05) is 37.6 Å². The molecule has 0 amide bonds. The zero-order chi connectivity index (χ0) is 29.6. The monoisotopic (exact) mass is 601 g/mol. The number of nitrogens with one attached hydrogen (secondary N) is 3. The molecule has 1 saturated heterocycles. The number of hydrogen-bond acceptors (Lipinski definition) is 9. The minimum atomic E-state index is -3.78. The van der Waals surface area contributed by atoms with Crippen molar-refractivity contribution < 1.29 is 13.2 Å². The van der Waals surface area contributed by atoms with E-state index in [9.17, 15) is 8.42 Å². The summed E-state index contributed by atoms with van der Waals surface area (Å²) >= 11 is 6.44. The summed E-state index contributed by atoms with van der Waals surface area (Å²) in [4.78, 5) is 13.6. The third kappa shape index (κ3) is 7.59. The van der Waals surface area contributed by atoms with Gasteiger partial charge in [-0.05, 0) is 64.5 Å². The van der Waals surface area contributed by atoms with Crippen LogP contribution in [-0.2, 0) is 10.0 Å². The Balaban J connectivity index is 1.57. The number of anilines is 5. The molecular weight excluding hydrogens is 562 g/mol. The van der Waals surface area contributed by atoms with Crippen molar-refractivity contribution in [3.8, 4) is 5.75 Å². The Labute approximate surface area is 248 Å². The van der Waals surface area contributed by atoms with E-state index >= 15 is 0 Å². The zero-order valence-corrected chi connectivity index (χ0v) is 25.9. The van der Waals surface area contributed by atoms with Crippen LogP contribution in [0.4, 0.5) is 28.8 Å². The Morgan fingerprint density at radius 3 is 2.54 bits per heavy atom. The second kappa shape index (κ2) is 13.7. The number of rotatable bonds is 13. The van der Waals surface area contributed by atoms with E-state index in [0.29, 0.717) is 42.6 Å². The van der Waals surface area contributed by atoms with Crippen LogP contribution in [0, 0.1) is 0 Å². The molecule has 222 valence electrons. The predicted molar refractivity (Wildman–Crippen MR) is 167 cm³/mol. The number of nitrogens with zero attached hydrogens (tertiary/aromatic N) is 4. The van der Waals surface area contributed by atoms with Gasteiger partial charge in [-0.2, -0.15) is 4.98 Å². The van der Waals surface area contributed by atoms with E-state index in [4.69, 9.17) is 16.3 Å². The Morgan fingerprint density at radius 1 is 1.10 bits per heavy atom. The lowest BCUT2D eigenvalue weighted by molar-refractivity contribution is 0.315. The van der Waals surface area contributed by atoms with Crippen molar-refractivity contribution in [2.75, 3.05) is 49.3 Å². The van der Waals surface area contributed by atoms with Gasteiger partial charge in [0, 0.05) is 36.9 Å². The number of sulfonamides is 1. The largest absolute Gasteiger partial charge is 0.492 e. The fourth-order valence-corrected chi connectivity index (χ4v) is 6.49. The van der Waals surface area contributed by atoms with Gasteiger partial charge in [0.15, 0.2) is 5.82 Å². The second-order valence-electron chi connectivity index (χ2n) is 10.2. The van der Waals surface area contributed by atoms with Crippen molar-refractivity contribution in [1.82, 2.24) is 19.6 Å². The molecule has 1 aliphatic heterocycles. The number of halogens is 1. The van der Waals surface area contributed by atoms with Gasteiger partial charge in [-0.25, -0.2) is 18.1 Å². The molecule has 0 spiro atoms. The first-order valence-electron chi connectivity index (χ1n) is 14.0. The van der Waals surface area contributed by atoms with Crippen LogP contribution in [0.1, 0.15) is 40.0 Å². The first-order valence-corrected chi connectivity index (χ1v) is 15.9. The number of benzene rings is 2. The quantitative estimate of drug-likeness (QED) is 0.230. The van der Waals surface area contributed by atoms with Gasteiger partial charge >= 0.3 is 0 Å². The summed E-state index contributed by atoms with van der Waals surface area (Å²) in [5.41, 5.74) is 2.17. The Morgan fingerprint density at radius 2 is 1.85 bits per heavy atom. The van der Waals surface area contributed by atoms with Crippen molar-refractivity contribution in [2.24, 2.45) is 0 Å². The Kier molecular flexibility index (Phi) is 10.3. The topological polar surface area (TPSA) is 112 Å². The van der Waals surface area contributed by atoms with E-state index < -0.39 is 10.0 Å². The van der Waals surface area contributed by atoms with Crippen LogP contribution in [-0.4, -0.2) is 69.2 Å². The number of hydrogen-bond donors (Lipinski definition) is 3. The van der Waals surface area contributed by atoms with Crippen molar-refractivity contribution >= 4 is 50.5 Å². The molecule has 0 saturated carbocycles. The lowest BCUT2D eigenvalue weighted by Crippen LogP contribution is -2.34. The van der Waals surface area contributed by atoms with Gasteiger partial charge in [-0.15, -0.1) is 0 Å². The number of aromatic nitrogens is 2. The summed E-state index contributed by atoms with van der Waals surface area (Å²) in [5, 5.41) is 6.59. The maximum atomic E-state index is 13.2. The van der Waals surface area contributed by atoms with Gasteiger partial charge in [0.1, 0.15) is 15.7 Å². The molecule has 1 fully saturated rings. The van der Waals surface area contributed by atoms with Crippen LogP contribution in [0.15, 0.2) is 53.6 Å². The first kappa shape index (κ1) is 30.8. The van der Waals surface area contributed by atoms with Crippen LogP contribution < -0.4 is 25.0 Å². The molecule has 0 unspecified atom stereocenters. The van der Waals surface area contributed by atoms with E-state index in [1.807, 2.05) is 32.9 Å². The number of ether oxygens (including phenoxy) is 1. The highest BCUT2D eigenvalue weighted by molar-refractivity contribution is 7.89. The molecule has 1 aliphatic rings. The van der Waals surface area contributed by atoms with Crippen LogP contribution in [0.2, 0.25) is 5.02 Å². The molecule has 12 heteroatoms. The summed E-state index contributed by atoms with van der Waals surface area (Å²) in [7, 11) is 0.456. The molecule has 2 aromatic carbocycles. The average molecular weight is 602 g/mol. The molecule has 1 atom stereocenters. The molecule has 2 heterocycles. The Hall–Kier alpha value is -3.12. The third-order valence-electron chi connectivity index (χ3n) is 7.25. The summed E-state index contributed by atoms with van der Waals surface area (Å²) in [6.07, 6.45) is 3.97. The first-order chi connectivity index (χ1) is 19.6. The Bertz CT molecular complexity index is 1430. The fourth-order valence-electron chi connectivity index (χ4n) is 4.79. The van der Waals surface area contributed by atoms with E-state index in [1.54, 1.807) is 24.3 Å². The lowest BCUT2D eigenvalue weighted by atomic mass is 10.2. The molecule has 0 aliphatic carbocycles. The van der Waals surface area contributed by atoms with Gasteiger partial charge in [0.05, 0.1) is 24.2 Å². The van der Waals surface area contributed by atoms with Crippen LogP contribution >= 0.6 is 11.6 Å². The van der Waals surface area contributed by atoms with Gasteiger partial charge in [0.25, 0.3) is 0 Å². The molecule has 0 bridgehead atoms. The molecule has 10 nitrogen and oxygen atoms in total. The van der Waals surface area contributed by atoms with E-state index in [2.05, 4.69) is 55.3 Å². The summed E-state index contributed by atoms with van der Waals surface area (Å²) in [6, 6.07) is 13.1. The van der Waals surface area contributed by atoms with E-state index in [1.165, 1.54) is 6.20 Å². The number of para-hydroxylation sites is 1. The van der Waals surface area contributed by atoms with Crippen molar-refractivity contribution in [3.05, 3.63) is 53.7 Å². The SMILES string of the molecule is CCOc1cc(N2CC[C@H](N(C)C)C2)ccc1Nc1ncc(Cl)c(Nc2ccccc2S(=O)(=O)NC(CC)CC)n1. The molecule has 41 heavy (non-hydrogen) atoms. The standard InChI is InChI=1S/C29H40ClN7O3S/c1-6-20(7-2)35-41(38,39)27-12-10-9-11-25(27)32-28-23(30)18-31-29(34-28)33-24-14-13-21(17-26(24)40-8-3)37-16-15-22(19-37)36(4)5/h9-14,17-18,20,22,35H,6-8,15-16,19H2,1-5H3,(H2,31,32,33,34)/t22-/m0/s1. The molecule has 3 N–H and O–H groups in total. The summed E-state index contributed by atoms with van der Waals surface area (Å²) in [5.74, 6) is 1.25. The van der Waals surface area contributed by atoms with Crippen LogP contribution in [0.5, 0.6) is 5.75 Å². The van der Waals surface area contributed by atoms with Crippen LogP contribution in [0.3, 0.4) is 0 Å². The van der Waals surface area contributed by atoms with Gasteiger partial charge < -0.3 is 25.2 Å². The molecule has 4 rings (SSSR count). The summed E-state index contributed by atoms with van der Waals surface area (Å²) < 4.78 is 35.1. The van der Waals surface area contributed by atoms with Gasteiger partial charge in [-0.3, -0.25) is 0 Å². The molecule has 3 aromatic rings. The van der Waals surface area contributed by atoms with Crippen LogP contribution in [0.25, 0.3) is 0 Å². The zero-order valence-electron chi connectivity index (χ0n) is 24.3.